The highest BCUT2D eigenvalue weighted by Crippen LogP contribution is 2.39. The minimum absolute atomic E-state index is 0.123. The molecule has 0 radical (unpaired) electrons. The summed E-state index contributed by atoms with van der Waals surface area (Å²) in [6.07, 6.45) is 0. The van der Waals surface area contributed by atoms with Gasteiger partial charge in [0.05, 0.1) is 34.2 Å². The van der Waals surface area contributed by atoms with Gasteiger partial charge in [-0.3, -0.25) is 19.9 Å². The Morgan fingerprint density at radius 3 is 2.14 bits per heavy atom. The van der Waals surface area contributed by atoms with Crippen LogP contribution in [-0.2, 0) is 9.84 Å². The first-order valence-electron chi connectivity index (χ1n) is 8.82. The highest BCUT2D eigenvalue weighted by Gasteiger charge is 2.54. The lowest BCUT2D eigenvalue weighted by Crippen LogP contribution is -2.38. The number of hydrogen-bond acceptors (Lipinski definition) is 5. The average molecular weight is 401 g/mol. The van der Waals surface area contributed by atoms with E-state index in [9.17, 15) is 23.3 Å². The van der Waals surface area contributed by atoms with E-state index in [1.54, 1.807) is 12.1 Å². The molecule has 0 saturated carbocycles. The third-order valence-electron chi connectivity index (χ3n) is 5.46. The Hall–Kier alpha value is -2.94. The lowest BCUT2D eigenvalue weighted by Gasteiger charge is -2.23. The Morgan fingerprint density at radius 1 is 0.964 bits per heavy atom. The molecule has 2 heterocycles. The maximum atomic E-state index is 13.3. The number of hydrogen-bond donors (Lipinski definition) is 0. The van der Waals surface area contributed by atoms with Crippen molar-refractivity contribution in [3.63, 3.8) is 0 Å². The fourth-order valence-corrected chi connectivity index (χ4v) is 5.86. The van der Waals surface area contributed by atoms with E-state index in [1.165, 1.54) is 28.0 Å². The van der Waals surface area contributed by atoms with Crippen molar-refractivity contribution in [2.24, 2.45) is 0 Å². The monoisotopic (exact) mass is 401 g/mol. The van der Waals surface area contributed by atoms with E-state index < -0.39 is 26.8 Å². The molecule has 0 spiro atoms. The summed E-state index contributed by atoms with van der Waals surface area (Å²) in [5.74, 6) is -0.283. The molecule has 2 saturated heterocycles. The van der Waals surface area contributed by atoms with Gasteiger partial charge in [-0.15, -0.1) is 0 Å². The lowest BCUT2D eigenvalue weighted by atomic mass is 10.1. The molecule has 2 atom stereocenters. The van der Waals surface area contributed by atoms with Gasteiger partial charge in [0, 0.05) is 17.8 Å². The molecule has 0 N–H and O–H groups in total. The van der Waals surface area contributed by atoms with E-state index in [1.807, 2.05) is 26.0 Å². The van der Waals surface area contributed by atoms with E-state index in [2.05, 4.69) is 0 Å². The number of nitrogens with zero attached hydrogens (tertiary/aromatic N) is 3. The molecule has 2 aromatic carbocycles. The van der Waals surface area contributed by atoms with Crippen LogP contribution in [0.15, 0.2) is 42.5 Å². The molecule has 4 rings (SSSR count). The van der Waals surface area contributed by atoms with E-state index in [0.29, 0.717) is 11.4 Å². The minimum atomic E-state index is -3.32. The highest BCUT2D eigenvalue weighted by molar-refractivity contribution is 7.91. The number of nitro benzene ring substituents is 1. The summed E-state index contributed by atoms with van der Waals surface area (Å²) < 4.78 is 24.7. The summed E-state index contributed by atoms with van der Waals surface area (Å²) in [5, 5.41) is 11.1. The van der Waals surface area contributed by atoms with Crippen molar-refractivity contribution >= 4 is 32.9 Å². The summed E-state index contributed by atoms with van der Waals surface area (Å²) in [4.78, 5) is 26.8. The van der Waals surface area contributed by atoms with Crippen molar-refractivity contribution < 1.29 is 18.1 Å². The number of carbonyl (C=O) groups excluding carboxylic acids is 1. The van der Waals surface area contributed by atoms with E-state index >= 15 is 0 Å². The van der Waals surface area contributed by atoms with Gasteiger partial charge in [0.2, 0.25) is 0 Å². The zero-order chi connectivity index (χ0) is 20.2. The number of carbonyl (C=O) groups is 1. The van der Waals surface area contributed by atoms with Crippen LogP contribution in [0.5, 0.6) is 0 Å². The van der Waals surface area contributed by atoms with Crippen LogP contribution in [0.1, 0.15) is 11.1 Å². The van der Waals surface area contributed by atoms with Crippen LogP contribution in [0.25, 0.3) is 0 Å². The van der Waals surface area contributed by atoms with Gasteiger partial charge in [0.25, 0.3) is 5.69 Å². The van der Waals surface area contributed by atoms with Crippen molar-refractivity contribution in [2.45, 2.75) is 25.9 Å². The second kappa shape index (κ2) is 6.30. The maximum absolute atomic E-state index is 13.3. The summed E-state index contributed by atoms with van der Waals surface area (Å²) >= 11 is 0. The molecule has 2 amide bonds. The number of nitro groups is 1. The summed E-state index contributed by atoms with van der Waals surface area (Å²) in [6.45, 7) is 3.89. The molecule has 2 fully saturated rings. The van der Waals surface area contributed by atoms with Crippen LogP contribution in [-0.4, -0.2) is 43.0 Å². The van der Waals surface area contributed by atoms with Crippen LogP contribution in [0.4, 0.5) is 21.9 Å². The number of urea groups is 1. The number of fused-ring (bicyclic) bond motifs is 1. The predicted octanol–water partition coefficient (Wildman–Crippen LogP) is 2.82. The summed E-state index contributed by atoms with van der Waals surface area (Å²) in [5.41, 5.74) is 2.89. The van der Waals surface area contributed by atoms with Gasteiger partial charge in [-0.2, -0.15) is 0 Å². The normalized spacial score (nSPS) is 23.1. The van der Waals surface area contributed by atoms with Crippen molar-refractivity contribution in [2.75, 3.05) is 21.3 Å². The fraction of sp³-hybridized carbons (Fsp3) is 0.316. The Kier molecular flexibility index (Phi) is 4.15. The van der Waals surface area contributed by atoms with Gasteiger partial charge >= 0.3 is 6.03 Å². The van der Waals surface area contributed by atoms with Crippen molar-refractivity contribution in [1.82, 2.24) is 0 Å². The fourth-order valence-electron chi connectivity index (χ4n) is 3.94. The Morgan fingerprint density at radius 2 is 1.57 bits per heavy atom. The van der Waals surface area contributed by atoms with E-state index in [-0.39, 0.29) is 23.2 Å². The number of anilines is 2. The van der Waals surface area contributed by atoms with Crippen molar-refractivity contribution in [3.8, 4) is 0 Å². The molecular formula is C19H19N3O5S. The van der Waals surface area contributed by atoms with Crippen LogP contribution < -0.4 is 9.80 Å². The molecule has 146 valence electrons. The highest BCUT2D eigenvalue weighted by atomic mass is 32.2. The number of rotatable bonds is 3. The molecule has 0 unspecified atom stereocenters. The van der Waals surface area contributed by atoms with E-state index in [0.717, 1.165) is 11.1 Å². The molecule has 8 nitrogen and oxygen atoms in total. The van der Waals surface area contributed by atoms with Crippen molar-refractivity contribution in [1.29, 1.82) is 0 Å². The van der Waals surface area contributed by atoms with Crippen LogP contribution >= 0.6 is 0 Å². The predicted molar refractivity (Wildman–Crippen MR) is 106 cm³/mol. The van der Waals surface area contributed by atoms with E-state index in [4.69, 9.17) is 0 Å². The quantitative estimate of drug-likeness (QED) is 0.447. The van der Waals surface area contributed by atoms with Crippen LogP contribution in [0, 0.1) is 24.0 Å². The Balaban J connectivity index is 1.82. The first kappa shape index (κ1) is 18.4. The summed E-state index contributed by atoms with van der Waals surface area (Å²) in [6, 6.07) is 9.83. The second-order valence-corrected chi connectivity index (χ2v) is 9.43. The standard InChI is InChI=1S/C19H19N3O5S/c1-12-6-7-15(8-13(12)2)21-18-11-28(26,27)10-17(18)20(19(21)23)14-4-3-5-16(9-14)22(24)25/h3-9,17-18H,10-11H2,1-2H3/t17-,18+/m1/s1. The van der Waals surface area contributed by atoms with Crippen LogP contribution in [0.3, 0.4) is 0 Å². The number of sulfone groups is 1. The number of non-ortho nitro benzene ring substituents is 1. The molecule has 9 heteroatoms. The Bertz CT molecular complexity index is 1100. The molecule has 0 bridgehead atoms. The lowest BCUT2D eigenvalue weighted by molar-refractivity contribution is -0.384. The molecule has 2 aromatic rings. The molecule has 2 aliphatic rings. The molecule has 0 aromatic heterocycles. The van der Waals surface area contributed by atoms with Crippen LogP contribution in [0.2, 0.25) is 0 Å². The van der Waals surface area contributed by atoms with Gasteiger partial charge in [0.1, 0.15) is 0 Å². The second-order valence-electron chi connectivity index (χ2n) is 7.28. The Labute approximate surface area is 162 Å². The topological polar surface area (TPSA) is 101 Å². The number of aryl methyl sites for hydroxylation is 2. The van der Waals surface area contributed by atoms with Gasteiger partial charge in [-0.05, 0) is 43.2 Å². The van der Waals surface area contributed by atoms with Gasteiger partial charge in [-0.1, -0.05) is 12.1 Å². The van der Waals surface area contributed by atoms with Gasteiger partial charge in [0.15, 0.2) is 9.84 Å². The third-order valence-corrected chi connectivity index (χ3v) is 7.16. The first-order chi connectivity index (χ1) is 13.2. The number of amides is 2. The molecule has 2 aliphatic heterocycles. The minimum Gasteiger partial charge on any atom is -0.288 e. The zero-order valence-electron chi connectivity index (χ0n) is 15.4. The largest absolute Gasteiger partial charge is 0.329 e. The first-order valence-corrected chi connectivity index (χ1v) is 10.6. The molecular weight excluding hydrogens is 382 g/mol. The average Bonchev–Trinajstić information content (AvgIpc) is 3.06. The smallest absolute Gasteiger partial charge is 0.288 e. The van der Waals surface area contributed by atoms with Crippen molar-refractivity contribution in [3.05, 3.63) is 63.7 Å². The van der Waals surface area contributed by atoms with Gasteiger partial charge in [-0.25, -0.2) is 13.2 Å². The zero-order valence-corrected chi connectivity index (χ0v) is 16.2. The summed E-state index contributed by atoms with van der Waals surface area (Å²) in [7, 11) is -3.32. The number of benzene rings is 2. The molecule has 0 aliphatic carbocycles. The molecule has 28 heavy (non-hydrogen) atoms. The van der Waals surface area contributed by atoms with Gasteiger partial charge < -0.3 is 0 Å². The third kappa shape index (κ3) is 2.91. The maximum Gasteiger partial charge on any atom is 0.329 e. The SMILES string of the molecule is Cc1ccc(N2C(=O)N(c3cccc([N+](=O)[O-])c3)[C@@H]3CS(=O)(=O)C[C@@H]32)cc1C.